The van der Waals surface area contributed by atoms with Crippen molar-refractivity contribution in [2.45, 2.75) is 25.2 Å². The first-order valence-electron chi connectivity index (χ1n) is 5.59. The van der Waals surface area contributed by atoms with Crippen molar-refractivity contribution in [1.29, 1.82) is 0 Å². The highest BCUT2D eigenvalue weighted by Gasteiger charge is 2.35. The van der Waals surface area contributed by atoms with Gasteiger partial charge in [0, 0.05) is 25.1 Å². The van der Waals surface area contributed by atoms with Gasteiger partial charge < -0.3 is 5.73 Å². The molecule has 1 aromatic carbocycles. The van der Waals surface area contributed by atoms with Gasteiger partial charge in [-0.25, -0.2) is 8.78 Å². The van der Waals surface area contributed by atoms with Gasteiger partial charge in [0.1, 0.15) is 12.0 Å². The summed E-state index contributed by atoms with van der Waals surface area (Å²) in [5.41, 5.74) is 5.54. The third-order valence-electron chi connectivity index (χ3n) is 3.09. The fraction of sp³-hybridized carbons (Fsp3) is 0.417. The van der Waals surface area contributed by atoms with Crippen LogP contribution < -0.4 is 5.73 Å². The number of carbonyl (C=O) groups is 1. The molecule has 1 aliphatic rings. The van der Waals surface area contributed by atoms with Gasteiger partial charge in [0.25, 0.3) is 0 Å². The summed E-state index contributed by atoms with van der Waals surface area (Å²) >= 11 is 5.67. The van der Waals surface area contributed by atoms with Crippen LogP contribution in [0.15, 0.2) is 18.2 Å². The molecule has 0 aliphatic carbocycles. The molecule has 0 aromatic heterocycles. The largest absolute Gasteiger partial charge is 0.368 e. The molecule has 106 valence electrons. The number of benzene rings is 1. The summed E-state index contributed by atoms with van der Waals surface area (Å²) in [5.74, 6) is -1.12. The highest BCUT2D eigenvalue weighted by molar-refractivity contribution is 6.30. The Morgan fingerprint density at radius 1 is 1.53 bits per heavy atom. The molecule has 0 saturated carbocycles. The second kappa shape index (κ2) is 6.50. The van der Waals surface area contributed by atoms with Gasteiger partial charge in [-0.05, 0) is 6.07 Å². The Kier molecular flexibility index (Phi) is 5.52. The van der Waals surface area contributed by atoms with E-state index >= 15 is 0 Å². The van der Waals surface area contributed by atoms with Crippen LogP contribution in [-0.2, 0) is 11.3 Å². The van der Waals surface area contributed by atoms with Crippen LogP contribution >= 0.6 is 24.0 Å². The summed E-state index contributed by atoms with van der Waals surface area (Å²) in [6, 6.07) is 3.93. The molecule has 1 heterocycles. The van der Waals surface area contributed by atoms with Gasteiger partial charge >= 0.3 is 0 Å². The Bertz CT molecular complexity index is 473. The normalized spacial score (nSPS) is 23.1. The minimum Gasteiger partial charge on any atom is -0.368 e. The number of carbonyl (C=O) groups excluding carboxylic acids is 1. The highest BCUT2D eigenvalue weighted by Crippen LogP contribution is 2.25. The van der Waals surface area contributed by atoms with E-state index < -0.39 is 23.9 Å². The monoisotopic (exact) mass is 310 g/mol. The predicted octanol–water partition coefficient (Wildman–Crippen LogP) is 2.30. The number of rotatable bonds is 3. The number of halogens is 4. The second-order valence-corrected chi connectivity index (χ2v) is 4.80. The SMILES string of the molecule is Cl.NC(=O)C1CC(F)CN1Cc1cccc(Cl)c1F. The number of likely N-dealkylation sites (tertiary alicyclic amines) is 1. The van der Waals surface area contributed by atoms with Crippen LogP contribution in [0.1, 0.15) is 12.0 Å². The maximum atomic E-state index is 13.7. The molecule has 2 N–H and O–H groups in total. The molecule has 7 heteroatoms. The second-order valence-electron chi connectivity index (χ2n) is 4.39. The lowest BCUT2D eigenvalue weighted by Crippen LogP contribution is -2.39. The molecule has 1 fully saturated rings. The quantitative estimate of drug-likeness (QED) is 0.931. The van der Waals surface area contributed by atoms with Crippen molar-refractivity contribution >= 4 is 29.9 Å². The highest BCUT2D eigenvalue weighted by atomic mass is 35.5. The first-order chi connectivity index (χ1) is 8.49. The molecule has 3 nitrogen and oxygen atoms in total. The van der Waals surface area contributed by atoms with Crippen LogP contribution in [0.5, 0.6) is 0 Å². The van der Waals surface area contributed by atoms with Gasteiger partial charge in [0.2, 0.25) is 5.91 Å². The van der Waals surface area contributed by atoms with E-state index in [0.29, 0.717) is 5.56 Å². The standard InChI is InChI=1S/C12H13ClF2N2O.ClH/c13-9-3-1-2-7(11(9)15)5-17-6-8(14)4-10(17)12(16)18;/h1-3,8,10H,4-6H2,(H2,16,18);1H. The number of hydrogen-bond acceptors (Lipinski definition) is 2. The average Bonchev–Trinajstić information content (AvgIpc) is 2.66. The molecule has 1 aliphatic heterocycles. The molecule has 1 amide bonds. The topological polar surface area (TPSA) is 46.3 Å². The average molecular weight is 311 g/mol. The summed E-state index contributed by atoms with van der Waals surface area (Å²) in [6.07, 6.45) is -1.04. The molecule has 2 atom stereocenters. The summed E-state index contributed by atoms with van der Waals surface area (Å²) in [7, 11) is 0. The Hall–Kier alpha value is -0.910. The van der Waals surface area contributed by atoms with E-state index in [1.165, 1.54) is 6.07 Å². The lowest BCUT2D eigenvalue weighted by molar-refractivity contribution is -0.122. The molecule has 19 heavy (non-hydrogen) atoms. The molecule has 0 spiro atoms. The van der Waals surface area contributed by atoms with E-state index in [9.17, 15) is 13.6 Å². The lowest BCUT2D eigenvalue weighted by Gasteiger charge is -2.21. The minimum absolute atomic E-state index is 0. The maximum Gasteiger partial charge on any atom is 0.234 e. The Labute approximate surface area is 121 Å². The molecular formula is C12H14Cl2F2N2O. The first kappa shape index (κ1) is 16.1. The zero-order chi connectivity index (χ0) is 13.3. The van der Waals surface area contributed by atoms with Crippen molar-refractivity contribution in [3.05, 3.63) is 34.6 Å². The third-order valence-corrected chi connectivity index (χ3v) is 3.38. The number of alkyl halides is 1. The van der Waals surface area contributed by atoms with Crippen molar-refractivity contribution in [1.82, 2.24) is 4.90 Å². The first-order valence-corrected chi connectivity index (χ1v) is 5.97. The van der Waals surface area contributed by atoms with E-state index in [0.717, 1.165) is 0 Å². The minimum atomic E-state index is -1.11. The van der Waals surface area contributed by atoms with E-state index in [1.54, 1.807) is 17.0 Å². The summed E-state index contributed by atoms with van der Waals surface area (Å²) in [5, 5.41) is 0.0131. The Balaban J connectivity index is 0.00000180. The molecule has 2 unspecified atom stereocenters. The van der Waals surface area contributed by atoms with Gasteiger partial charge in [-0.1, -0.05) is 23.7 Å². The fourth-order valence-corrected chi connectivity index (χ4v) is 2.40. The van der Waals surface area contributed by atoms with Gasteiger partial charge in [0.15, 0.2) is 0 Å². The van der Waals surface area contributed by atoms with Crippen molar-refractivity contribution in [2.75, 3.05) is 6.54 Å². The maximum absolute atomic E-state index is 13.7. The van der Waals surface area contributed by atoms with Crippen LogP contribution in [0.4, 0.5) is 8.78 Å². The number of hydrogen-bond donors (Lipinski definition) is 1. The molecule has 2 rings (SSSR count). The molecule has 1 saturated heterocycles. The molecule has 0 radical (unpaired) electrons. The van der Waals surface area contributed by atoms with Crippen molar-refractivity contribution < 1.29 is 13.6 Å². The predicted molar refractivity (Wildman–Crippen MR) is 71.6 cm³/mol. The molecular weight excluding hydrogens is 297 g/mol. The third kappa shape index (κ3) is 3.55. The van der Waals surface area contributed by atoms with Gasteiger partial charge in [-0.2, -0.15) is 0 Å². The number of amides is 1. The van der Waals surface area contributed by atoms with E-state index in [4.69, 9.17) is 17.3 Å². The van der Waals surface area contributed by atoms with Crippen LogP contribution in [-0.4, -0.2) is 29.6 Å². The Morgan fingerprint density at radius 2 is 2.21 bits per heavy atom. The Morgan fingerprint density at radius 3 is 2.84 bits per heavy atom. The van der Waals surface area contributed by atoms with E-state index in [-0.39, 0.29) is 36.9 Å². The van der Waals surface area contributed by atoms with E-state index in [1.807, 2.05) is 0 Å². The van der Waals surface area contributed by atoms with Crippen LogP contribution in [0.25, 0.3) is 0 Å². The van der Waals surface area contributed by atoms with Crippen LogP contribution in [0, 0.1) is 5.82 Å². The van der Waals surface area contributed by atoms with Crippen LogP contribution in [0.2, 0.25) is 5.02 Å². The molecule has 0 bridgehead atoms. The van der Waals surface area contributed by atoms with Gasteiger partial charge in [-0.15, -0.1) is 12.4 Å². The summed E-state index contributed by atoms with van der Waals surface area (Å²) in [6.45, 7) is 0.208. The van der Waals surface area contributed by atoms with Crippen molar-refractivity contribution in [3.8, 4) is 0 Å². The molecule has 1 aromatic rings. The van der Waals surface area contributed by atoms with Gasteiger partial charge in [0.05, 0.1) is 11.1 Å². The van der Waals surface area contributed by atoms with Gasteiger partial charge in [-0.3, -0.25) is 9.69 Å². The number of primary amides is 1. The zero-order valence-electron chi connectivity index (χ0n) is 9.98. The van der Waals surface area contributed by atoms with Crippen molar-refractivity contribution in [3.63, 3.8) is 0 Å². The number of nitrogens with zero attached hydrogens (tertiary/aromatic N) is 1. The smallest absolute Gasteiger partial charge is 0.234 e. The lowest BCUT2D eigenvalue weighted by atomic mass is 10.1. The van der Waals surface area contributed by atoms with Crippen molar-refractivity contribution in [2.24, 2.45) is 5.73 Å². The number of nitrogens with two attached hydrogens (primary N) is 1. The fourth-order valence-electron chi connectivity index (χ4n) is 2.21. The van der Waals surface area contributed by atoms with E-state index in [2.05, 4.69) is 0 Å². The van der Waals surface area contributed by atoms with Crippen LogP contribution in [0.3, 0.4) is 0 Å². The summed E-state index contributed by atoms with van der Waals surface area (Å²) in [4.78, 5) is 12.7. The zero-order valence-corrected chi connectivity index (χ0v) is 11.6. The summed E-state index contributed by atoms with van der Waals surface area (Å²) < 4.78 is 27.0.